The summed E-state index contributed by atoms with van der Waals surface area (Å²) < 4.78 is 5.40. The first-order chi connectivity index (χ1) is 9.88. The molecule has 1 aliphatic rings. The Morgan fingerprint density at radius 1 is 1.35 bits per heavy atom. The van der Waals surface area contributed by atoms with Crippen molar-refractivity contribution in [1.29, 1.82) is 0 Å². The first kappa shape index (κ1) is 13.2. The average Bonchev–Trinajstić information content (AvgIpc) is 3.00. The van der Waals surface area contributed by atoms with E-state index in [4.69, 9.17) is 4.74 Å². The number of methoxy groups -OCH3 is 1. The zero-order valence-corrected chi connectivity index (χ0v) is 11.9. The summed E-state index contributed by atoms with van der Waals surface area (Å²) in [6.07, 6.45) is 5.57. The van der Waals surface area contributed by atoms with Crippen molar-refractivity contribution in [1.82, 2.24) is 10.3 Å². The maximum Gasteiger partial charge on any atom is 0.133 e. The Labute approximate surface area is 119 Å². The van der Waals surface area contributed by atoms with Crippen molar-refractivity contribution in [2.45, 2.75) is 25.3 Å². The van der Waals surface area contributed by atoms with Gasteiger partial charge in [-0.25, -0.2) is 4.98 Å². The van der Waals surface area contributed by atoms with Gasteiger partial charge in [0.05, 0.1) is 7.11 Å². The van der Waals surface area contributed by atoms with Crippen molar-refractivity contribution in [3.63, 3.8) is 0 Å². The van der Waals surface area contributed by atoms with Gasteiger partial charge in [0.25, 0.3) is 0 Å². The monoisotopic (exact) mass is 271 g/mol. The van der Waals surface area contributed by atoms with Gasteiger partial charge in [-0.1, -0.05) is 12.1 Å². The molecule has 0 unspecified atom stereocenters. The lowest BCUT2D eigenvalue weighted by Crippen LogP contribution is -2.24. The van der Waals surface area contributed by atoms with E-state index in [9.17, 15) is 0 Å². The number of hydrogen-bond donors (Lipinski definition) is 2. The number of benzene rings is 1. The second kappa shape index (κ2) is 6.09. The molecule has 3 rings (SSSR count). The Balaban J connectivity index is 1.74. The van der Waals surface area contributed by atoms with E-state index in [1.165, 1.54) is 12.8 Å². The highest BCUT2D eigenvalue weighted by atomic mass is 16.5. The van der Waals surface area contributed by atoms with E-state index in [-0.39, 0.29) is 0 Å². The molecule has 1 saturated heterocycles. The molecule has 1 aromatic heterocycles. The molecule has 2 aromatic rings. The Kier molecular flexibility index (Phi) is 4.02. The number of nitrogens with one attached hydrogen (secondary N) is 2. The molecule has 1 aromatic carbocycles. The van der Waals surface area contributed by atoms with Gasteiger partial charge in [0, 0.05) is 29.6 Å². The van der Waals surface area contributed by atoms with Gasteiger partial charge in [0.1, 0.15) is 11.6 Å². The molecular weight excluding hydrogens is 250 g/mol. The predicted octanol–water partition coefficient (Wildman–Crippen LogP) is 2.80. The van der Waals surface area contributed by atoms with Crippen LogP contribution in [0.2, 0.25) is 0 Å². The minimum atomic E-state index is 0.659. The van der Waals surface area contributed by atoms with Crippen LogP contribution in [0.4, 0.5) is 5.82 Å². The summed E-state index contributed by atoms with van der Waals surface area (Å²) in [6.45, 7) is 2.11. The zero-order chi connectivity index (χ0) is 13.8. The molecule has 0 radical (unpaired) electrons. The fourth-order valence-electron chi connectivity index (χ4n) is 2.87. The van der Waals surface area contributed by atoms with Crippen LogP contribution in [0.5, 0.6) is 5.75 Å². The molecule has 2 heterocycles. The molecule has 20 heavy (non-hydrogen) atoms. The van der Waals surface area contributed by atoms with Gasteiger partial charge in [0.15, 0.2) is 0 Å². The lowest BCUT2D eigenvalue weighted by atomic mass is 10.1. The molecule has 0 aliphatic carbocycles. The number of pyridine rings is 1. The first-order valence-corrected chi connectivity index (χ1v) is 7.27. The molecule has 0 bridgehead atoms. The van der Waals surface area contributed by atoms with Gasteiger partial charge >= 0.3 is 0 Å². The molecule has 0 amide bonds. The fourth-order valence-corrected chi connectivity index (χ4v) is 2.87. The number of ether oxygens (including phenoxy) is 1. The van der Waals surface area contributed by atoms with Crippen LogP contribution in [0.3, 0.4) is 0 Å². The van der Waals surface area contributed by atoms with Gasteiger partial charge in [-0.2, -0.15) is 0 Å². The van der Waals surface area contributed by atoms with Crippen LogP contribution in [-0.4, -0.2) is 31.2 Å². The Bertz CT molecular complexity index is 579. The molecule has 106 valence electrons. The van der Waals surface area contributed by atoms with E-state index in [1.807, 2.05) is 24.4 Å². The van der Waals surface area contributed by atoms with Gasteiger partial charge < -0.3 is 15.4 Å². The van der Waals surface area contributed by atoms with Crippen LogP contribution in [0, 0.1) is 0 Å². The third-order valence-corrected chi connectivity index (χ3v) is 3.93. The highest BCUT2D eigenvalue weighted by Crippen LogP contribution is 2.28. The molecule has 1 fully saturated rings. The maximum atomic E-state index is 5.40. The van der Waals surface area contributed by atoms with E-state index in [0.717, 1.165) is 41.9 Å². The minimum Gasteiger partial charge on any atom is -0.496 e. The maximum absolute atomic E-state index is 5.40. The van der Waals surface area contributed by atoms with E-state index in [0.29, 0.717) is 6.04 Å². The highest BCUT2D eigenvalue weighted by Gasteiger charge is 2.13. The van der Waals surface area contributed by atoms with Gasteiger partial charge in [-0.15, -0.1) is 0 Å². The van der Waals surface area contributed by atoms with E-state index in [2.05, 4.69) is 21.7 Å². The van der Waals surface area contributed by atoms with Crippen molar-refractivity contribution < 1.29 is 4.74 Å². The molecule has 0 spiro atoms. The molecule has 4 nitrogen and oxygen atoms in total. The van der Waals surface area contributed by atoms with E-state index >= 15 is 0 Å². The summed E-state index contributed by atoms with van der Waals surface area (Å²) in [5.41, 5.74) is 0. The van der Waals surface area contributed by atoms with Crippen molar-refractivity contribution in [3.05, 3.63) is 30.5 Å². The number of anilines is 1. The Hall–Kier alpha value is -1.81. The fraction of sp³-hybridized carbons (Fsp3) is 0.438. The summed E-state index contributed by atoms with van der Waals surface area (Å²) >= 11 is 0. The van der Waals surface area contributed by atoms with Crippen LogP contribution < -0.4 is 15.4 Å². The highest BCUT2D eigenvalue weighted by molar-refractivity contribution is 5.95. The molecular formula is C16H21N3O. The third-order valence-electron chi connectivity index (χ3n) is 3.93. The molecule has 0 saturated carbocycles. The van der Waals surface area contributed by atoms with Crippen LogP contribution >= 0.6 is 0 Å². The summed E-state index contributed by atoms with van der Waals surface area (Å²) in [4.78, 5) is 4.46. The zero-order valence-electron chi connectivity index (χ0n) is 11.9. The van der Waals surface area contributed by atoms with Crippen LogP contribution in [-0.2, 0) is 0 Å². The first-order valence-electron chi connectivity index (χ1n) is 7.27. The molecule has 1 aliphatic heterocycles. The minimum absolute atomic E-state index is 0.659. The standard InChI is InChI=1S/C16H21N3O/c1-20-15-6-2-5-14-13(15)8-11-19-16(14)18-10-7-12-4-3-9-17-12/h2,5-6,8,11-12,17H,3-4,7,9-10H2,1H3,(H,18,19)/t12-/m0/s1. The normalized spacial score (nSPS) is 18.4. The SMILES string of the molecule is COc1cccc2c(NCC[C@@H]3CCCN3)nccc12. The lowest BCUT2D eigenvalue weighted by Gasteiger charge is -2.13. The third kappa shape index (κ3) is 2.70. The average molecular weight is 271 g/mol. The molecule has 1 atom stereocenters. The quantitative estimate of drug-likeness (QED) is 0.878. The van der Waals surface area contributed by atoms with Crippen molar-refractivity contribution in [2.24, 2.45) is 0 Å². The number of aromatic nitrogens is 1. The Morgan fingerprint density at radius 3 is 3.10 bits per heavy atom. The van der Waals surface area contributed by atoms with E-state index in [1.54, 1.807) is 7.11 Å². The molecule has 2 N–H and O–H groups in total. The number of hydrogen-bond acceptors (Lipinski definition) is 4. The van der Waals surface area contributed by atoms with Crippen molar-refractivity contribution in [2.75, 3.05) is 25.5 Å². The van der Waals surface area contributed by atoms with Crippen LogP contribution in [0.15, 0.2) is 30.5 Å². The largest absolute Gasteiger partial charge is 0.496 e. The van der Waals surface area contributed by atoms with Gasteiger partial charge in [0.2, 0.25) is 0 Å². The predicted molar refractivity (Wildman–Crippen MR) is 82.4 cm³/mol. The van der Waals surface area contributed by atoms with E-state index < -0.39 is 0 Å². The number of fused-ring (bicyclic) bond motifs is 1. The second-order valence-corrected chi connectivity index (χ2v) is 5.22. The summed E-state index contributed by atoms with van der Waals surface area (Å²) in [7, 11) is 1.70. The second-order valence-electron chi connectivity index (χ2n) is 5.22. The van der Waals surface area contributed by atoms with Crippen molar-refractivity contribution >= 4 is 16.6 Å². The number of nitrogens with zero attached hydrogens (tertiary/aromatic N) is 1. The van der Waals surface area contributed by atoms with Crippen LogP contribution in [0.1, 0.15) is 19.3 Å². The summed E-state index contributed by atoms with van der Waals surface area (Å²) in [6, 6.07) is 8.73. The van der Waals surface area contributed by atoms with Gasteiger partial charge in [-0.05, 0) is 37.9 Å². The summed E-state index contributed by atoms with van der Waals surface area (Å²) in [5, 5.41) is 9.20. The van der Waals surface area contributed by atoms with Crippen LogP contribution in [0.25, 0.3) is 10.8 Å². The topological polar surface area (TPSA) is 46.2 Å². The van der Waals surface area contributed by atoms with Crippen molar-refractivity contribution in [3.8, 4) is 5.75 Å². The van der Waals surface area contributed by atoms with Gasteiger partial charge in [-0.3, -0.25) is 0 Å². The Morgan fingerprint density at radius 2 is 2.30 bits per heavy atom. The number of rotatable bonds is 5. The summed E-state index contributed by atoms with van der Waals surface area (Å²) in [5.74, 6) is 1.84. The lowest BCUT2D eigenvalue weighted by molar-refractivity contribution is 0.420. The smallest absolute Gasteiger partial charge is 0.133 e. The molecule has 4 heteroatoms.